The summed E-state index contributed by atoms with van der Waals surface area (Å²) in [5, 5.41) is 8.33. The summed E-state index contributed by atoms with van der Waals surface area (Å²) in [6.07, 6.45) is 3.82. The summed E-state index contributed by atoms with van der Waals surface area (Å²) in [6.45, 7) is 3.22. The first-order chi connectivity index (χ1) is 14.5. The maximum Gasteiger partial charge on any atom is 0.339 e. The van der Waals surface area contributed by atoms with Crippen LogP contribution >= 0.6 is 0 Å². The van der Waals surface area contributed by atoms with Crippen LogP contribution in [0.2, 0.25) is 0 Å². The highest BCUT2D eigenvalue weighted by molar-refractivity contribution is 6.00. The molecule has 0 aliphatic rings. The van der Waals surface area contributed by atoms with E-state index in [4.69, 9.17) is 4.74 Å². The molecule has 0 saturated heterocycles. The van der Waals surface area contributed by atoms with Crippen molar-refractivity contribution in [2.75, 3.05) is 25.5 Å². The first kappa shape index (κ1) is 22.9. The van der Waals surface area contributed by atoms with Gasteiger partial charge in [0.15, 0.2) is 0 Å². The van der Waals surface area contributed by atoms with Gasteiger partial charge in [-0.15, -0.1) is 0 Å². The number of unbranched alkanes of at least 4 members (excludes halogenated alkanes) is 2. The zero-order chi connectivity index (χ0) is 21.8. The van der Waals surface area contributed by atoms with Crippen molar-refractivity contribution < 1.29 is 19.1 Å². The van der Waals surface area contributed by atoms with Gasteiger partial charge in [-0.25, -0.2) is 9.59 Å². The summed E-state index contributed by atoms with van der Waals surface area (Å²) < 4.78 is 4.72. The van der Waals surface area contributed by atoms with E-state index in [0.29, 0.717) is 36.3 Å². The molecule has 0 radical (unpaired) electrons. The van der Waals surface area contributed by atoms with Gasteiger partial charge in [0.25, 0.3) is 5.91 Å². The molecule has 3 N–H and O–H groups in total. The third-order valence-corrected chi connectivity index (χ3v) is 4.56. The number of para-hydroxylation sites is 1. The fourth-order valence-electron chi connectivity index (χ4n) is 2.87. The Morgan fingerprint density at radius 3 is 2.33 bits per heavy atom. The highest BCUT2D eigenvalue weighted by atomic mass is 16.5. The summed E-state index contributed by atoms with van der Waals surface area (Å²) in [5.41, 5.74) is 2.31. The Morgan fingerprint density at radius 2 is 1.63 bits per heavy atom. The summed E-state index contributed by atoms with van der Waals surface area (Å²) in [7, 11) is 1.29. The second-order valence-electron chi connectivity index (χ2n) is 6.83. The zero-order valence-corrected chi connectivity index (χ0v) is 17.5. The van der Waals surface area contributed by atoms with Crippen LogP contribution in [-0.2, 0) is 11.2 Å². The highest BCUT2D eigenvalue weighted by Crippen LogP contribution is 2.15. The van der Waals surface area contributed by atoms with Crippen molar-refractivity contribution in [1.29, 1.82) is 0 Å². The lowest BCUT2D eigenvalue weighted by Crippen LogP contribution is -2.31. The number of amides is 3. The minimum Gasteiger partial charge on any atom is -0.465 e. The fraction of sp³-hybridized carbons (Fsp3) is 0.348. The minimum atomic E-state index is -0.514. The molecule has 3 amide bonds. The molecule has 0 saturated carbocycles. The molecule has 0 aliphatic heterocycles. The molecule has 0 aromatic heterocycles. The maximum absolute atomic E-state index is 12.1. The van der Waals surface area contributed by atoms with Crippen molar-refractivity contribution in [3.8, 4) is 0 Å². The number of rotatable bonds is 10. The Bertz CT molecular complexity index is 850. The van der Waals surface area contributed by atoms with Crippen LogP contribution in [0.5, 0.6) is 0 Å². The smallest absolute Gasteiger partial charge is 0.339 e. The molecule has 30 heavy (non-hydrogen) atoms. The van der Waals surface area contributed by atoms with Gasteiger partial charge < -0.3 is 20.7 Å². The molecule has 0 heterocycles. The van der Waals surface area contributed by atoms with Crippen LogP contribution in [0.15, 0.2) is 48.5 Å². The van der Waals surface area contributed by atoms with Gasteiger partial charge in [-0.2, -0.15) is 0 Å². The van der Waals surface area contributed by atoms with E-state index >= 15 is 0 Å². The van der Waals surface area contributed by atoms with Crippen molar-refractivity contribution in [2.24, 2.45) is 0 Å². The molecule has 0 fully saturated rings. The zero-order valence-electron chi connectivity index (χ0n) is 17.5. The van der Waals surface area contributed by atoms with Crippen LogP contribution in [0.25, 0.3) is 0 Å². The van der Waals surface area contributed by atoms with E-state index in [1.54, 1.807) is 36.4 Å². The number of ether oxygens (including phenoxy) is 1. The SMILES string of the molecule is CCCCCNC(=O)c1ccc(CCNC(=O)Nc2ccccc2C(=O)OC)cc1. The lowest BCUT2D eigenvalue weighted by Gasteiger charge is -2.11. The standard InChI is InChI=1S/C23H29N3O4/c1-3-4-7-15-24-21(27)18-12-10-17(11-13-18)14-16-25-23(29)26-20-9-6-5-8-19(20)22(28)30-2/h5-6,8-13H,3-4,7,14-16H2,1-2H3,(H,24,27)(H2,25,26,29). The average Bonchev–Trinajstić information content (AvgIpc) is 2.77. The van der Waals surface area contributed by atoms with Gasteiger partial charge in [-0.05, 0) is 42.7 Å². The number of hydrogen-bond acceptors (Lipinski definition) is 4. The number of methoxy groups -OCH3 is 1. The largest absolute Gasteiger partial charge is 0.465 e. The Labute approximate surface area is 177 Å². The molecule has 0 bridgehead atoms. The number of carbonyl (C=O) groups excluding carboxylic acids is 3. The fourth-order valence-corrected chi connectivity index (χ4v) is 2.87. The van der Waals surface area contributed by atoms with E-state index in [1.165, 1.54) is 7.11 Å². The van der Waals surface area contributed by atoms with Crippen molar-refractivity contribution in [3.63, 3.8) is 0 Å². The van der Waals surface area contributed by atoms with E-state index in [2.05, 4.69) is 22.9 Å². The molecule has 160 valence electrons. The average molecular weight is 412 g/mol. The van der Waals surface area contributed by atoms with Crippen LogP contribution in [0.1, 0.15) is 52.5 Å². The van der Waals surface area contributed by atoms with Gasteiger partial charge in [-0.1, -0.05) is 44.0 Å². The van der Waals surface area contributed by atoms with Gasteiger partial charge in [0.1, 0.15) is 0 Å². The Balaban J connectivity index is 1.78. The Hall–Kier alpha value is -3.35. The number of nitrogens with one attached hydrogen (secondary N) is 3. The third kappa shape index (κ3) is 7.24. The van der Waals surface area contributed by atoms with Crippen molar-refractivity contribution >= 4 is 23.6 Å². The highest BCUT2D eigenvalue weighted by Gasteiger charge is 2.13. The van der Waals surface area contributed by atoms with Crippen LogP contribution in [0, 0.1) is 0 Å². The topological polar surface area (TPSA) is 96.5 Å². The molecular weight excluding hydrogens is 382 g/mol. The molecular formula is C23H29N3O4. The molecule has 2 aromatic rings. The van der Waals surface area contributed by atoms with Crippen molar-refractivity contribution in [3.05, 3.63) is 65.2 Å². The third-order valence-electron chi connectivity index (χ3n) is 4.56. The van der Waals surface area contributed by atoms with E-state index < -0.39 is 12.0 Å². The number of hydrogen-bond donors (Lipinski definition) is 3. The van der Waals surface area contributed by atoms with Gasteiger partial charge in [0.2, 0.25) is 0 Å². The van der Waals surface area contributed by atoms with Crippen LogP contribution in [0.4, 0.5) is 10.5 Å². The predicted molar refractivity (Wildman–Crippen MR) is 117 cm³/mol. The lowest BCUT2D eigenvalue weighted by atomic mass is 10.1. The number of benzene rings is 2. The monoisotopic (exact) mass is 411 g/mol. The van der Waals surface area contributed by atoms with Crippen LogP contribution in [-0.4, -0.2) is 38.1 Å². The van der Waals surface area contributed by atoms with Gasteiger partial charge in [0, 0.05) is 18.7 Å². The molecule has 7 heteroatoms. The van der Waals surface area contributed by atoms with Crippen LogP contribution in [0.3, 0.4) is 0 Å². The van der Waals surface area contributed by atoms with E-state index in [-0.39, 0.29) is 5.91 Å². The molecule has 0 unspecified atom stereocenters. The predicted octanol–water partition coefficient (Wildman–Crippen LogP) is 3.76. The molecule has 2 rings (SSSR count). The van der Waals surface area contributed by atoms with E-state index in [9.17, 15) is 14.4 Å². The number of carbonyl (C=O) groups is 3. The van der Waals surface area contributed by atoms with E-state index in [1.807, 2.05) is 12.1 Å². The van der Waals surface area contributed by atoms with Gasteiger partial charge in [-0.3, -0.25) is 4.79 Å². The Morgan fingerprint density at radius 1 is 0.900 bits per heavy atom. The van der Waals surface area contributed by atoms with Crippen molar-refractivity contribution in [2.45, 2.75) is 32.6 Å². The van der Waals surface area contributed by atoms with Gasteiger partial charge >= 0.3 is 12.0 Å². The lowest BCUT2D eigenvalue weighted by molar-refractivity contribution is 0.0601. The first-order valence-electron chi connectivity index (χ1n) is 10.1. The van der Waals surface area contributed by atoms with Gasteiger partial charge in [0.05, 0.1) is 18.4 Å². The summed E-state index contributed by atoms with van der Waals surface area (Å²) in [5.74, 6) is -0.584. The number of esters is 1. The minimum absolute atomic E-state index is 0.0700. The molecule has 0 spiro atoms. The Kier molecular flexibility index (Phi) is 9.37. The molecule has 0 aliphatic carbocycles. The second-order valence-corrected chi connectivity index (χ2v) is 6.83. The quantitative estimate of drug-likeness (QED) is 0.410. The van der Waals surface area contributed by atoms with Crippen molar-refractivity contribution in [1.82, 2.24) is 10.6 Å². The maximum atomic E-state index is 12.1. The molecule has 7 nitrogen and oxygen atoms in total. The summed E-state index contributed by atoms with van der Waals surface area (Å²) in [6, 6.07) is 13.6. The summed E-state index contributed by atoms with van der Waals surface area (Å²) >= 11 is 0. The molecule has 0 atom stereocenters. The summed E-state index contributed by atoms with van der Waals surface area (Å²) in [4.78, 5) is 36.0. The normalized spacial score (nSPS) is 10.2. The number of urea groups is 1. The first-order valence-corrected chi connectivity index (χ1v) is 10.1. The second kappa shape index (κ2) is 12.3. The van der Waals surface area contributed by atoms with Crippen LogP contribution < -0.4 is 16.0 Å². The number of anilines is 1. The van der Waals surface area contributed by atoms with E-state index in [0.717, 1.165) is 24.8 Å². The molecule has 2 aromatic carbocycles.